The van der Waals surface area contributed by atoms with Crippen molar-refractivity contribution in [2.75, 3.05) is 38.1 Å². The zero-order valence-corrected chi connectivity index (χ0v) is 30.0. The summed E-state index contributed by atoms with van der Waals surface area (Å²) in [5, 5.41) is 15.6. The first-order valence-corrected chi connectivity index (χ1v) is 19.3. The molecule has 0 spiro atoms. The maximum Gasteiger partial charge on any atom is 0.267 e. The van der Waals surface area contributed by atoms with Crippen LogP contribution in [0.5, 0.6) is 5.75 Å². The Kier molecular flexibility index (Phi) is 12.1. The second-order valence-electron chi connectivity index (χ2n) is 12.0. The van der Waals surface area contributed by atoms with Crippen molar-refractivity contribution < 1.29 is 40.7 Å². The number of benzene rings is 1. The number of hydrogen-bond acceptors (Lipinski definition) is 11. The number of fused-ring (bicyclic) bond motifs is 1. The van der Waals surface area contributed by atoms with Crippen molar-refractivity contribution in [3.05, 3.63) is 52.7 Å². The van der Waals surface area contributed by atoms with E-state index in [2.05, 4.69) is 9.88 Å². The van der Waals surface area contributed by atoms with Gasteiger partial charge < -0.3 is 24.0 Å². The maximum absolute atomic E-state index is 14.3. The molecule has 0 radical (unpaired) electrons. The van der Waals surface area contributed by atoms with Crippen molar-refractivity contribution in [2.45, 2.75) is 81.2 Å². The number of nitrogens with one attached hydrogen (secondary N) is 1. The molecule has 0 bridgehead atoms. The van der Waals surface area contributed by atoms with Crippen molar-refractivity contribution in [1.82, 2.24) is 14.4 Å². The molecule has 2 N–H and O–H groups in total. The maximum atomic E-state index is 14.3. The van der Waals surface area contributed by atoms with E-state index in [0.717, 1.165) is 17.8 Å². The lowest BCUT2D eigenvalue weighted by atomic mass is 10.0. The van der Waals surface area contributed by atoms with Gasteiger partial charge in [0.1, 0.15) is 15.7 Å². The van der Waals surface area contributed by atoms with Gasteiger partial charge in [-0.2, -0.15) is 4.31 Å². The van der Waals surface area contributed by atoms with Crippen molar-refractivity contribution >= 4 is 43.0 Å². The third-order valence-corrected chi connectivity index (χ3v) is 13.0. The Balaban J connectivity index is 1.69. The molecule has 47 heavy (non-hydrogen) atoms. The highest BCUT2D eigenvalue weighted by Gasteiger charge is 2.33. The Bertz CT molecular complexity index is 1710. The van der Waals surface area contributed by atoms with Crippen LogP contribution in [0.25, 0.3) is 0 Å². The van der Waals surface area contributed by atoms with Gasteiger partial charge in [-0.1, -0.05) is 18.1 Å². The standard InChI is InChI=1S/C31H44N4O9S3/c1-20-17-35(21(2)19-36)31(37)26-16-25(33-46(38,39)30-23(4)32-44-24(30)5)12-13-27(26)43-22(3)10-7-8-14-42-28(20)18-34(6)47(40,41)29-11-9-15-45-29/h9,11-13,15-16,20-22,28,33,36H,7-8,10,14,17-19H2,1-6H3/t20-,21-,22-,28+/m0/s1. The summed E-state index contributed by atoms with van der Waals surface area (Å²) < 4.78 is 74.6. The summed E-state index contributed by atoms with van der Waals surface area (Å²) >= 11 is 1.14. The molecule has 16 heteroatoms. The van der Waals surface area contributed by atoms with E-state index in [1.54, 1.807) is 30.5 Å². The van der Waals surface area contributed by atoms with Gasteiger partial charge in [-0.25, -0.2) is 16.8 Å². The predicted molar refractivity (Wildman–Crippen MR) is 178 cm³/mol. The molecule has 1 aliphatic heterocycles. The number of carbonyl (C=O) groups is 1. The number of amides is 1. The zero-order chi connectivity index (χ0) is 34.5. The number of aromatic nitrogens is 1. The minimum absolute atomic E-state index is 0.0562. The molecule has 3 aromatic rings. The number of aryl methyl sites for hydroxylation is 2. The molecular formula is C31H44N4O9S3. The van der Waals surface area contributed by atoms with Gasteiger partial charge in [0, 0.05) is 38.3 Å². The molecule has 0 saturated carbocycles. The van der Waals surface area contributed by atoms with Crippen LogP contribution >= 0.6 is 11.3 Å². The molecular weight excluding hydrogens is 669 g/mol. The summed E-state index contributed by atoms with van der Waals surface area (Å²) in [4.78, 5) is 15.7. The third kappa shape index (κ3) is 8.72. The van der Waals surface area contributed by atoms with E-state index in [0.29, 0.717) is 19.4 Å². The average molecular weight is 713 g/mol. The van der Waals surface area contributed by atoms with E-state index >= 15 is 0 Å². The van der Waals surface area contributed by atoms with Crippen LogP contribution < -0.4 is 9.46 Å². The highest BCUT2D eigenvalue weighted by atomic mass is 32.2. The normalized spacial score (nSPS) is 21.1. The molecule has 2 aromatic heterocycles. The number of nitrogens with zero attached hydrogens (tertiary/aromatic N) is 3. The minimum atomic E-state index is -4.11. The van der Waals surface area contributed by atoms with Crippen molar-refractivity contribution in [2.24, 2.45) is 5.92 Å². The molecule has 3 heterocycles. The van der Waals surface area contributed by atoms with Gasteiger partial charge in [-0.3, -0.25) is 9.52 Å². The van der Waals surface area contributed by atoms with Crippen LogP contribution in [-0.4, -0.2) is 93.8 Å². The van der Waals surface area contributed by atoms with Gasteiger partial charge in [0.05, 0.1) is 30.4 Å². The van der Waals surface area contributed by atoms with Gasteiger partial charge in [0.25, 0.3) is 26.0 Å². The van der Waals surface area contributed by atoms with E-state index in [1.165, 1.54) is 42.2 Å². The number of likely N-dealkylation sites (N-methyl/N-ethyl adjacent to an activating group) is 1. The number of sulfonamides is 2. The third-order valence-electron chi connectivity index (χ3n) is 8.14. The Morgan fingerprint density at radius 3 is 2.55 bits per heavy atom. The molecule has 0 aliphatic carbocycles. The number of aliphatic hydroxyl groups is 1. The number of ether oxygens (including phenoxy) is 2. The summed E-state index contributed by atoms with van der Waals surface area (Å²) in [5.41, 5.74) is 0.431. The quantitative estimate of drug-likeness (QED) is 0.327. The predicted octanol–water partition coefficient (Wildman–Crippen LogP) is 4.27. The molecule has 4 atom stereocenters. The van der Waals surface area contributed by atoms with Crippen LogP contribution in [0.15, 0.2) is 49.3 Å². The second-order valence-corrected chi connectivity index (χ2v) is 16.8. The van der Waals surface area contributed by atoms with E-state index in [-0.39, 0.29) is 69.3 Å². The first kappa shape index (κ1) is 36.8. The first-order chi connectivity index (χ1) is 22.1. The summed E-state index contributed by atoms with van der Waals surface area (Å²) in [5.74, 6) is -0.447. The average Bonchev–Trinajstić information content (AvgIpc) is 3.69. The molecule has 0 saturated heterocycles. The monoisotopic (exact) mass is 712 g/mol. The second kappa shape index (κ2) is 15.5. The minimum Gasteiger partial charge on any atom is -0.490 e. The van der Waals surface area contributed by atoms with Crippen LogP contribution in [0.1, 0.15) is 61.8 Å². The number of thiophene rings is 1. The van der Waals surface area contributed by atoms with Gasteiger partial charge in [-0.05, 0) is 76.6 Å². The zero-order valence-electron chi connectivity index (χ0n) is 27.5. The molecule has 260 valence electrons. The van der Waals surface area contributed by atoms with E-state index < -0.39 is 38.1 Å². The molecule has 1 aromatic carbocycles. The summed E-state index contributed by atoms with van der Waals surface area (Å²) in [7, 11) is -6.34. The Morgan fingerprint density at radius 1 is 1.17 bits per heavy atom. The van der Waals surface area contributed by atoms with Crippen molar-refractivity contribution in [1.29, 1.82) is 0 Å². The van der Waals surface area contributed by atoms with Crippen LogP contribution in [0, 0.1) is 19.8 Å². The van der Waals surface area contributed by atoms with E-state index in [1.807, 2.05) is 13.8 Å². The summed E-state index contributed by atoms with van der Waals surface area (Å²) in [6, 6.07) is 7.10. The number of aliphatic hydroxyl groups excluding tert-OH is 1. The highest BCUT2D eigenvalue weighted by Crippen LogP contribution is 2.31. The van der Waals surface area contributed by atoms with Crippen LogP contribution in [0.2, 0.25) is 0 Å². The SMILES string of the molecule is Cc1noc(C)c1S(=O)(=O)Nc1ccc2c(c1)C(=O)N([C@@H](C)CO)C[C@H](C)[C@@H](CN(C)S(=O)(=O)c1cccs1)OCCCC[C@H](C)O2. The molecule has 1 aliphatic rings. The van der Waals surface area contributed by atoms with Crippen LogP contribution in [0.3, 0.4) is 0 Å². The van der Waals surface area contributed by atoms with Crippen molar-refractivity contribution in [3.8, 4) is 5.75 Å². The van der Waals surface area contributed by atoms with Gasteiger partial charge in [0.15, 0.2) is 10.7 Å². The molecule has 0 unspecified atom stereocenters. The smallest absolute Gasteiger partial charge is 0.267 e. The van der Waals surface area contributed by atoms with E-state index in [4.69, 9.17) is 14.0 Å². The number of anilines is 1. The molecule has 0 fully saturated rings. The lowest BCUT2D eigenvalue weighted by Crippen LogP contribution is -2.48. The summed E-state index contributed by atoms with van der Waals surface area (Å²) in [6.07, 6.45) is 1.28. The fourth-order valence-corrected chi connectivity index (χ4v) is 9.19. The molecule has 4 rings (SSSR count). The lowest BCUT2D eigenvalue weighted by Gasteiger charge is -2.35. The fourth-order valence-electron chi connectivity index (χ4n) is 5.43. The number of hydrogen-bond donors (Lipinski definition) is 2. The van der Waals surface area contributed by atoms with Crippen LogP contribution in [0.4, 0.5) is 5.69 Å². The number of carbonyl (C=O) groups excluding carboxylic acids is 1. The largest absolute Gasteiger partial charge is 0.490 e. The van der Waals surface area contributed by atoms with Gasteiger partial charge >= 0.3 is 0 Å². The Labute approximate surface area is 280 Å². The Morgan fingerprint density at radius 2 is 1.91 bits per heavy atom. The fraction of sp³-hybridized carbons (Fsp3) is 0.548. The molecule has 13 nitrogen and oxygen atoms in total. The topological polar surface area (TPSA) is 169 Å². The number of rotatable bonds is 9. The first-order valence-electron chi connectivity index (χ1n) is 15.4. The van der Waals surface area contributed by atoms with Gasteiger partial charge in [0.2, 0.25) is 0 Å². The van der Waals surface area contributed by atoms with Crippen molar-refractivity contribution in [3.63, 3.8) is 0 Å². The highest BCUT2D eigenvalue weighted by molar-refractivity contribution is 7.92. The van der Waals surface area contributed by atoms with Gasteiger partial charge in [-0.15, -0.1) is 11.3 Å². The molecule has 1 amide bonds. The Hall–Kier alpha value is -3.02. The van der Waals surface area contributed by atoms with Crippen LogP contribution in [-0.2, 0) is 24.8 Å². The summed E-state index contributed by atoms with van der Waals surface area (Å²) in [6.45, 7) is 8.70. The lowest BCUT2D eigenvalue weighted by molar-refractivity contribution is -0.00832. The van der Waals surface area contributed by atoms with E-state index in [9.17, 15) is 26.7 Å².